The normalized spacial score (nSPS) is 15.2. The molecule has 0 heterocycles. The van der Waals surface area contributed by atoms with Crippen molar-refractivity contribution in [3.63, 3.8) is 0 Å². The topological polar surface area (TPSA) is 38.0 Å². The first-order chi connectivity index (χ1) is 9.69. The lowest BCUT2D eigenvalue weighted by Gasteiger charge is -2.19. The number of hydrogen-bond donors (Lipinski definition) is 2. The van der Waals surface area contributed by atoms with E-state index in [0.29, 0.717) is 0 Å². The molecular formula is C16H16BrIN2. The van der Waals surface area contributed by atoms with Crippen LogP contribution in [0.3, 0.4) is 0 Å². The number of halogens is 2. The number of nitrogens with one attached hydrogen (secondary N) is 1. The zero-order valence-electron chi connectivity index (χ0n) is 11.0. The number of fused-ring (bicyclic) bond motifs is 1. The number of benzene rings is 2. The lowest BCUT2D eigenvalue weighted by molar-refractivity contribution is 0.633. The van der Waals surface area contributed by atoms with E-state index in [9.17, 15) is 0 Å². The average molecular weight is 443 g/mol. The van der Waals surface area contributed by atoms with Gasteiger partial charge in [0.15, 0.2) is 0 Å². The van der Waals surface area contributed by atoms with Gasteiger partial charge in [-0.05, 0) is 82.3 Å². The van der Waals surface area contributed by atoms with Crippen molar-refractivity contribution in [3.05, 3.63) is 66.7 Å². The zero-order chi connectivity index (χ0) is 14.1. The Morgan fingerprint density at radius 3 is 2.70 bits per heavy atom. The van der Waals surface area contributed by atoms with E-state index >= 15 is 0 Å². The molecule has 4 heteroatoms. The highest BCUT2D eigenvalue weighted by atomic mass is 127. The van der Waals surface area contributed by atoms with E-state index < -0.39 is 0 Å². The summed E-state index contributed by atoms with van der Waals surface area (Å²) in [7, 11) is 0. The monoisotopic (exact) mass is 442 g/mol. The van der Waals surface area contributed by atoms with Gasteiger partial charge in [0.1, 0.15) is 0 Å². The smallest absolute Gasteiger partial charge is 0.0720 e. The molecular weight excluding hydrogens is 427 g/mol. The minimum Gasteiger partial charge on any atom is -0.271 e. The van der Waals surface area contributed by atoms with E-state index in [1.54, 1.807) is 0 Å². The van der Waals surface area contributed by atoms with E-state index in [1.165, 1.54) is 45.1 Å². The Hall–Kier alpha value is -0.430. The van der Waals surface area contributed by atoms with Crippen molar-refractivity contribution in [1.82, 2.24) is 5.43 Å². The molecule has 1 aliphatic rings. The Balaban J connectivity index is 2.03. The molecule has 1 atom stereocenters. The molecule has 0 amide bonds. The summed E-state index contributed by atoms with van der Waals surface area (Å²) in [6, 6.07) is 13.1. The maximum Gasteiger partial charge on any atom is 0.0720 e. The van der Waals surface area contributed by atoms with Gasteiger partial charge in [-0.1, -0.05) is 34.1 Å². The van der Waals surface area contributed by atoms with Gasteiger partial charge in [0.2, 0.25) is 0 Å². The summed E-state index contributed by atoms with van der Waals surface area (Å²) in [5, 5.41) is 0. The molecule has 3 N–H and O–H groups in total. The summed E-state index contributed by atoms with van der Waals surface area (Å²) in [4.78, 5) is 0. The van der Waals surface area contributed by atoms with Gasteiger partial charge in [-0.25, -0.2) is 5.43 Å². The van der Waals surface area contributed by atoms with Crippen LogP contribution in [0.1, 0.15) is 34.7 Å². The maximum absolute atomic E-state index is 5.83. The third kappa shape index (κ3) is 2.79. The predicted octanol–water partition coefficient (Wildman–Crippen LogP) is 4.10. The van der Waals surface area contributed by atoms with E-state index in [4.69, 9.17) is 5.84 Å². The molecule has 104 valence electrons. The maximum atomic E-state index is 5.83. The minimum atomic E-state index is 0.0327. The second-order valence-corrected chi connectivity index (χ2v) is 7.23. The predicted molar refractivity (Wildman–Crippen MR) is 94.5 cm³/mol. The fourth-order valence-corrected chi connectivity index (χ4v) is 3.90. The molecule has 20 heavy (non-hydrogen) atoms. The molecule has 0 fully saturated rings. The second kappa shape index (κ2) is 6.13. The quantitative estimate of drug-likeness (QED) is 0.426. The van der Waals surface area contributed by atoms with E-state index in [-0.39, 0.29) is 6.04 Å². The summed E-state index contributed by atoms with van der Waals surface area (Å²) in [6.07, 6.45) is 3.68. The van der Waals surface area contributed by atoms with E-state index in [0.717, 1.165) is 4.47 Å². The van der Waals surface area contributed by atoms with Crippen LogP contribution in [0, 0.1) is 3.57 Å². The Labute approximate surface area is 141 Å². The van der Waals surface area contributed by atoms with Gasteiger partial charge in [-0.2, -0.15) is 0 Å². The van der Waals surface area contributed by atoms with Crippen molar-refractivity contribution in [2.45, 2.75) is 25.3 Å². The van der Waals surface area contributed by atoms with Gasteiger partial charge < -0.3 is 0 Å². The van der Waals surface area contributed by atoms with Gasteiger partial charge in [0, 0.05) is 8.04 Å². The van der Waals surface area contributed by atoms with Crippen molar-refractivity contribution in [3.8, 4) is 0 Å². The Morgan fingerprint density at radius 2 is 1.90 bits per heavy atom. The Morgan fingerprint density at radius 1 is 1.10 bits per heavy atom. The van der Waals surface area contributed by atoms with Crippen molar-refractivity contribution in [2.24, 2.45) is 5.84 Å². The Bertz CT molecular complexity index is 642. The zero-order valence-corrected chi connectivity index (χ0v) is 14.7. The third-order valence-electron chi connectivity index (χ3n) is 3.89. The fourth-order valence-electron chi connectivity index (χ4n) is 2.87. The summed E-state index contributed by atoms with van der Waals surface area (Å²) in [6.45, 7) is 0. The third-order valence-corrected chi connectivity index (χ3v) is 5.37. The first-order valence-corrected chi connectivity index (χ1v) is 8.59. The Kier molecular flexibility index (Phi) is 4.45. The number of hydrazine groups is 1. The van der Waals surface area contributed by atoms with Crippen LogP contribution in [-0.4, -0.2) is 0 Å². The van der Waals surface area contributed by atoms with Crippen molar-refractivity contribution in [1.29, 1.82) is 0 Å². The highest BCUT2D eigenvalue weighted by Crippen LogP contribution is 2.31. The lowest BCUT2D eigenvalue weighted by Crippen LogP contribution is -2.29. The molecule has 0 aliphatic heterocycles. The number of aryl methyl sites for hydroxylation is 2. The molecule has 0 aromatic heterocycles. The van der Waals surface area contributed by atoms with Crippen LogP contribution < -0.4 is 11.3 Å². The molecule has 0 saturated carbocycles. The summed E-state index contributed by atoms with van der Waals surface area (Å²) >= 11 is 5.91. The summed E-state index contributed by atoms with van der Waals surface area (Å²) in [5.74, 6) is 5.83. The number of rotatable bonds is 3. The van der Waals surface area contributed by atoms with Crippen LogP contribution in [0.4, 0.5) is 0 Å². The van der Waals surface area contributed by atoms with Crippen molar-refractivity contribution in [2.75, 3.05) is 0 Å². The fraction of sp³-hybridized carbons (Fsp3) is 0.250. The largest absolute Gasteiger partial charge is 0.271 e. The molecule has 0 saturated heterocycles. The average Bonchev–Trinajstić information content (AvgIpc) is 2.91. The summed E-state index contributed by atoms with van der Waals surface area (Å²) in [5.41, 5.74) is 8.39. The second-order valence-electron chi connectivity index (χ2n) is 5.15. The van der Waals surface area contributed by atoms with E-state index in [1.807, 2.05) is 0 Å². The highest BCUT2D eigenvalue weighted by Gasteiger charge is 2.18. The molecule has 1 aliphatic carbocycles. The van der Waals surface area contributed by atoms with Crippen LogP contribution in [-0.2, 0) is 12.8 Å². The number of hydrogen-bond acceptors (Lipinski definition) is 2. The lowest BCUT2D eigenvalue weighted by atomic mass is 9.96. The van der Waals surface area contributed by atoms with Gasteiger partial charge in [-0.3, -0.25) is 5.84 Å². The molecule has 1 unspecified atom stereocenters. The molecule has 2 nitrogen and oxygen atoms in total. The molecule has 3 rings (SSSR count). The van der Waals surface area contributed by atoms with Crippen LogP contribution in [0.2, 0.25) is 0 Å². The standard InChI is InChI=1S/C16H16BrIN2/c17-13-6-7-15(18)14(9-13)16(20-19)12-5-4-10-2-1-3-11(10)8-12/h4-9,16,20H,1-3,19H2. The summed E-state index contributed by atoms with van der Waals surface area (Å²) < 4.78 is 2.29. The van der Waals surface area contributed by atoms with E-state index in [2.05, 4.69) is 80.3 Å². The first kappa shape index (κ1) is 14.5. The first-order valence-electron chi connectivity index (χ1n) is 6.72. The van der Waals surface area contributed by atoms with Crippen LogP contribution in [0.5, 0.6) is 0 Å². The number of nitrogens with two attached hydrogens (primary N) is 1. The van der Waals surface area contributed by atoms with Gasteiger partial charge in [0.05, 0.1) is 6.04 Å². The molecule has 2 aromatic carbocycles. The molecule has 2 aromatic rings. The van der Waals surface area contributed by atoms with Gasteiger partial charge in [-0.15, -0.1) is 0 Å². The van der Waals surface area contributed by atoms with Gasteiger partial charge >= 0.3 is 0 Å². The SMILES string of the molecule is NNC(c1ccc2c(c1)CCC2)c1cc(Br)ccc1I. The van der Waals surface area contributed by atoms with Crippen molar-refractivity contribution < 1.29 is 0 Å². The van der Waals surface area contributed by atoms with Crippen LogP contribution in [0.15, 0.2) is 40.9 Å². The minimum absolute atomic E-state index is 0.0327. The van der Waals surface area contributed by atoms with Crippen molar-refractivity contribution >= 4 is 38.5 Å². The molecule has 0 bridgehead atoms. The van der Waals surface area contributed by atoms with Crippen LogP contribution in [0.25, 0.3) is 0 Å². The highest BCUT2D eigenvalue weighted by molar-refractivity contribution is 14.1. The molecule has 0 radical (unpaired) electrons. The van der Waals surface area contributed by atoms with Crippen LogP contribution >= 0.6 is 38.5 Å². The molecule has 0 spiro atoms. The van der Waals surface area contributed by atoms with Gasteiger partial charge in [0.25, 0.3) is 0 Å².